The van der Waals surface area contributed by atoms with Crippen LogP contribution in [0.5, 0.6) is 0 Å². The van der Waals surface area contributed by atoms with Crippen molar-refractivity contribution in [3.05, 3.63) is 35.6 Å². The molecule has 0 heterocycles. The molecule has 2 atom stereocenters. The Bertz CT molecular complexity index is 721. The molecule has 0 saturated carbocycles. The number of alkyl carbamates (subject to hydrolysis) is 1. The molecule has 2 amide bonds. The van der Waals surface area contributed by atoms with Gasteiger partial charge in [-0.25, -0.2) is 14.0 Å². The maximum absolute atomic E-state index is 13.3. The van der Waals surface area contributed by atoms with Gasteiger partial charge in [0.2, 0.25) is 5.91 Å². The molecule has 1 aromatic rings. The van der Waals surface area contributed by atoms with E-state index in [1.807, 2.05) is 6.26 Å². The van der Waals surface area contributed by atoms with Gasteiger partial charge in [0.1, 0.15) is 23.5 Å². The van der Waals surface area contributed by atoms with Crippen LogP contribution in [-0.4, -0.2) is 59.7 Å². The van der Waals surface area contributed by atoms with E-state index in [9.17, 15) is 18.8 Å². The number of carbonyl (C=O) groups excluding carboxylic acids is 3. The van der Waals surface area contributed by atoms with Crippen molar-refractivity contribution in [3.8, 4) is 0 Å². The van der Waals surface area contributed by atoms with Gasteiger partial charge in [-0.1, -0.05) is 12.1 Å². The maximum atomic E-state index is 13.3. The zero-order valence-electron chi connectivity index (χ0n) is 18.4. The maximum Gasteiger partial charge on any atom is 0.408 e. The summed E-state index contributed by atoms with van der Waals surface area (Å²) in [6.07, 6.45) is 1.54. The van der Waals surface area contributed by atoms with Crippen LogP contribution < -0.4 is 5.32 Å². The van der Waals surface area contributed by atoms with E-state index < -0.39 is 41.5 Å². The molecular weight excluding hydrogens is 411 g/mol. The third-order valence-corrected chi connectivity index (χ3v) is 4.74. The number of methoxy groups -OCH3 is 1. The van der Waals surface area contributed by atoms with E-state index in [2.05, 4.69) is 5.32 Å². The number of nitrogens with zero attached hydrogens (tertiary/aromatic N) is 1. The number of carbonyl (C=O) groups is 3. The number of amides is 2. The quantitative estimate of drug-likeness (QED) is 0.591. The number of thioether (sulfide) groups is 1. The normalized spacial score (nSPS) is 13.2. The Hall–Kier alpha value is -2.29. The lowest BCUT2D eigenvalue weighted by atomic mass is 10.1. The molecule has 0 saturated heterocycles. The van der Waals surface area contributed by atoms with E-state index in [0.29, 0.717) is 17.7 Å². The van der Waals surface area contributed by atoms with Crippen LogP contribution in [0.4, 0.5) is 9.18 Å². The second-order valence-corrected chi connectivity index (χ2v) is 8.77. The van der Waals surface area contributed by atoms with E-state index >= 15 is 0 Å². The van der Waals surface area contributed by atoms with Gasteiger partial charge in [0.25, 0.3) is 0 Å². The first kappa shape index (κ1) is 25.7. The van der Waals surface area contributed by atoms with Gasteiger partial charge in [-0.2, -0.15) is 11.8 Å². The zero-order valence-corrected chi connectivity index (χ0v) is 19.2. The fourth-order valence-corrected chi connectivity index (χ4v) is 3.15. The Balaban J connectivity index is 3.12. The van der Waals surface area contributed by atoms with Crippen LogP contribution in [-0.2, 0) is 25.6 Å². The van der Waals surface area contributed by atoms with E-state index in [1.165, 1.54) is 42.8 Å². The van der Waals surface area contributed by atoms with E-state index in [0.717, 1.165) is 0 Å². The van der Waals surface area contributed by atoms with Crippen molar-refractivity contribution in [2.24, 2.45) is 0 Å². The number of ether oxygens (including phenoxy) is 2. The lowest BCUT2D eigenvalue weighted by molar-refractivity contribution is -0.154. The predicted octanol–water partition coefficient (Wildman–Crippen LogP) is 3.36. The molecule has 0 unspecified atom stereocenters. The average molecular weight is 443 g/mol. The first-order valence-corrected chi connectivity index (χ1v) is 11.0. The van der Waals surface area contributed by atoms with Crippen molar-refractivity contribution in [2.75, 3.05) is 19.1 Å². The molecule has 9 heteroatoms. The second-order valence-electron chi connectivity index (χ2n) is 7.78. The number of halogens is 1. The predicted molar refractivity (Wildman–Crippen MR) is 115 cm³/mol. The Kier molecular flexibility index (Phi) is 10.1. The molecule has 168 valence electrons. The van der Waals surface area contributed by atoms with Gasteiger partial charge in [0.15, 0.2) is 0 Å². The smallest absolute Gasteiger partial charge is 0.408 e. The van der Waals surface area contributed by atoms with Gasteiger partial charge in [0, 0.05) is 6.54 Å². The van der Waals surface area contributed by atoms with Crippen molar-refractivity contribution in [1.29, 1.82) is 0 Å². The van der Waals surface area contributed by atoms with Crippen molar-refractivity contribution in [2.45, 2.75) is 58.3 Å². The van der Waals surface area contributed by atoms with Crippen molar-refractivity contribution in [3.63, 3.8) is 0 Å². The minimum atomic E-state index is -0.943. The number of hydrogen-bond donors (Lipinski definition) is 1. The van der Waals surface area contributed by atoms with Crippen LogP contribution in [0.3, 0.4) is 0 Å². The molecule has 1 N–H and O–H groups in total. The van der Waals surface area contributed by atoms with E-state index in [-0.39, 0.29) is 6.54 Å². The molecule has 7 nitrogen and oxygen atoms in total. The highest BCUT2D eigenvalue weighted by Crippen LogP contribution is 2.17. The van der Waals surface area contributed by atoms with Gasteiger partial charge < -0.3 is 19.7 Å². The molecule has 0 spiro atoms. The van der Waals surface area contributed by atoms with E-state index in [1.54, 1.807) is 32.9 Å². The fourth-order valence-electron chi connectivity index (χ4n) is 2.69. The Labute approximate surface area is 181 Å². The van der Waals surface area contributed by atoms with Crippen LogP contribution >= 0.6 is 11.8 Å². The first-order valence-electron chi connectivity index (χ1n) is 9.59. The molecule has 0 aliphatic carbocycles. The molecule has 30 heavy (non-hydrogen) atoms. The summed E-state index contributed by atoms with van der Waals surface area (Å²) in [6.45, 7) is 6.74. The Morgan fingerprint density at radius 2 is 1.80 bits per heavy atom. The number of hydrogen-bond acceptors (Lipinski definition) is 6. The summed E-state index contributed by atoms with van der Waals surface area (Å²) in [4.78, 5) is 39.1. The van der Waals surface area contributed by atoms with Gasteiger partial charge in [-0.15, -0.1) is 0 Å². The highest BCUT2D eigenvalue weighted by molar-refractivity contribution is 7.98. The minimum absolute atomic E-state index is 0.0631. The van der Waals surface area contributed by atoms with Gasteiger partial charge in [-0.3, -0.25) is 4.79 Å². The summed E-state index contributed by atoms with van der Waals surface area (Å²) in [5.41, 5.74) is -0.0691. The number of esters is 1. The molecule has 0 aromatic heterocycles. The number of nitrogens with one attached hydrogen (secondary N) is 1. The summed E-state index contributed by atoms with van der Waals surface area (Å²) in [5, 5.41) is 2.51. The summed E-state index contributed by atoms with van der Waals surface area (Å²) in [7, 11) is 1.26. The monoisotopic (exact) mass is 442 g/mol. The third kappa shape index (κ3) is 8.61. The average Bonchev–Trinajstić information content (AvgIpc) is 2.66. The summed E-state index contributed by atoms with van der Waals surface area (Å²) in [5.74, 6) is -0.796. The molecule has 0 radical (unpaired) electrons. The van der Waals surface area contributed by atoms with Crippen LogP contribution in [0.1, 0.15) is 39.7 Å². The number of rotatable bonds is 9. The van der Waals surface area contributed by atoms with Crippen LogP contribution in [0.25, 0.3) is 0 Å². The SMILES string of the molecule is COC(=O)[C@@H](CCSC)N(Cc1ccc(F)cc1)C(=O)[C@H](C)NC(=O)OC(C)(C)C. The van der Waals surface area contributed by atoms with Crippen molar-refractivity contribution >= 4 is 29.7 Å². The largest absolute Gasteiger partial charge is 0.467 e. The number of benzene rings is 1. The standard InChI is InChI=1S/C21H31FN2O5S/c1-14(23-20(27)29-21(2,3)4)18(25)24(13-15-7-9-16(22)10-8-15)17(11-12-30-6)19(26)28-5/h7-10,14,17H,11-13H2,1-6H3,(H,23,27)/t14-,17+/m0/s1. The molecule has 1 rings (SSSR count). The topological polar surface area (TPSA) is 84.9 Å². The Morgan fingerprint density at radius 1 is 1.20 bits per heavy atom. The lowest BCUT2D eigenvalue weighted by Gasteiger charge is -2.32. The lowest BCUT2D eigenvalue weighted by Crippen LogP contribution is -2.53. The highest BCUT2D eigenvalue weighted by atomic mass is 32.2. The molecule has 0 bridgehead atoms. The zero-order chi connectivity index (χ0) is 22.9. The van der Waals surface area contributed by atoms with Crippen LogP contribution in [0.2, 0.25) is 0 Å². The van der Waals surface area contributed by atoms with Gasteiger partial charge in [-0.05, 0) is 63.8 Å². The summed E-state index contributed by atoms with van der Waals surface area (Å²) >= 11 is 1.54. The molecule has 0 aliphatic rings. The summed E-state index contributed by atoms with van der Waals surface area (Å²) in [6, 6.07) is 3.88. The summed E-state index contributed by atoms with van der Waals surface area (Å²) < 4.78 is 23.4. The molecular formula is C21H31FN2O5S. The Morgan fingerprint density at radius 3 is 2.30 bits per heavy atom. The fraction of sp³-hybridized carbons (Fsp3) is 0.571. The molecule has 0 aliphatic heterocycles. The van der Waals surface area contributed by atoms with Gasteiger partial charge >= 0.3 is 12.1 Å². The van der Waals surface area contributed by atoms with Crippen LogP contribution in [0, 0.1) is 5.82 Å². The third-order valence-electron chi connectivity index (χ3n) is 4.10. The minimum Gasteiger partial charge on any atom is -0.467 e. The van der Waals surface area contributed by atoms with E-state index in [4.69, 9.17) is 9.47 Å². The van der Waals surface area contributed by atoms with Crippen LogP contribution in [0.15, 0.2) is 24.3 Å². The van der Waals surface area contributed by atoms with Crippen molar-refractivity contribution < 1.29 is 28.2 Å². The second kappa shape index (κ2) is 11.8. The van der Waals surface area contributed by atoms with Crippen molar-refractivity contribution in [1.82, 2.24) is 10.2 Å². The molecule has 1 aromatic carbocycles. The van der Waals surface area contributed by atoms with Gasteiger partial charge in [0.05, 0.1) is 7.11 Å². The first-order chi connectivity index (χ1) is 14.0. The molecule has 0 fully saturated rings. The highest BCUT2D eigenvalue weighted by Gasteiger charge is 2.34.